The first-order valence-electron chi connectivity index (χ1n) is 7.65. The van der Waals surface area contributed by atoms with Gasteiger partial charge >= 0.3 is 6.18 Å². The second-order valence-corrected chi connectivity index (χ2v) is 7.81. The smallest absolute Gasteiger partial charge is 0.384 e. The molecule has 0 heterocycles. The number of alkyl halides is 3. The number of anilines is 1. The number of hydrogen-bond donors (Lipinski definition) is 2. The Hall–Kier alpha value is -2.06. The molecule has 1 saturated carbocycles. The number of sulfonamides is 1. The van der Waals surface area contributed by atoms with E-state index >= 15 is 0 Å². The largest absolute Gasteiger partial charge is 0.418 e. The molecule has 1 aliphatic carbocycles. The van der Waals surface area contributed by atoms with Gasteiger partial charge < -0.3 is 5.32 Å². The predicted molar refractivity (Wildman–Crippen MR) is 88.7 cm³/mol. The quantitative estimate of drug-likeness (QED) is 0.846. The van der Waals surface area contributed by atoms with E-state index in [1.165, 1.54) is 0 Å². The van der Waals surface area contributed by atoms with Gasteiger partial charge in [-0.25, -0.2) is 13.6 Å². The van der Waals surface area contributed by atoms with Gasteiger partial charge in [-0.1, -0.05) is 30.3 Å². The van der Waals surface area contributed by atoms with Crippen LogP contribution < -0.4 is 10.5 Å². The summed E-state index contributed by atoms with van der Waals surface area (Å²) in [5.41, 5.74) is -0.287. The molecule has 3 rings (SSSR count). The molecule has 0 atom stereocenters. The van der Waals surface area contributed by atoms with Crippen molar-refractivity contribution < 1.29 is 21.6 Å². The van der Waals surface area contributed by atoms with Crippen LogP contribution in [0.5, 0.6) is 0 Å². The van der Waals surface area contributed by atoms with Crippen LogP contribution in [0.4, 0.5) is 18.9 Å². The van der Waals surface area contributed by atoms with Crippen LogP contribution in [-0.4, -0.2) is 15.0 Å². The number of rotatable bonds is 5. The van der Waals surface area contributed by atoms with Gasteiger partial charge in [0.15, 0.2) is 0 Å². The average Bonchev–Trinajstić information content (AvgIpc) is 3.33. The van der Waals surface area contributed by atoms with E-state index in [0.717, 1.165) is 30.5 Å². The molecule has 0 aliphatic heterocycles. The summed E-state index contributed by atoms with van der Waals surface area (Å²) in [6.07, 6.45) is -2.91. The standard InChI is InChI=1S/C17H17F3N2O2S/c18-17(19,20)14-10-13(25(21,23)24)6-7-15(14)22-11-16(8-9-16)12-4-2-1-3-5-12/h1-7,10,22H,8-9,11H2,(H2,21,23,24). The molecule has 1 aliphatic rings. The Morgan fingerprint density at radius 1 is 1.08 bits per heavy atom. The molecule has 0 amide bonds. The number of nitrogens with one attached hydrogen (secondary N) is 1. The molecule has 4 nitrogen and oxygen atoms in total. The number of hydrogen-bond acceptors (Lipinski definition) is 3. The van der Waals surface area contributed by atoms with E-state index in [2.05, 4.69) is 5.32 Å². The van der Waals surface area contributed by atoms with Crippen molar-refractivity contribution in [3.05, 3.63) is 59.7 Å². The predicted octanol–water partition coefficient (Wildman–Crippen LogP) is 3.50. The van der Waals surface area contributed by atoms with Crippen LogP contribution in [0.15, 0.2) is 53.4 Å². The Labute approximate surface area is 143 Å². The molecule has 3 N–H and O–H groups in total. The van der Waals surface area contributed by atoms with Gasteiger partial charge in [0.05, 0.1) is 10.5 Å². The van der Waals surface area contributed by atoms with Gasteiger partial charge in [-0.2, -0.15) is 13.2 Å². The lowest BCUT2D eigenvalue weighted by Crippen LogP contribution is -2.22. The van der Waals surface area contributed by atoms with E-state index in [4.69, 9.17) is 5.14 Å². The van der Waals surface area contributed by atoms with Gasteiger partial charge in [0.25, 0.3) is 0 Å². The third-order valence-electron chi connectivity index (χ3n) is 4.48. The Morgan fingerprint density at radius 3 is 2.24 bits per heavy atom. The highest BCUT2D eigenvalue weighted by Gasteiger charge is 2.44. The van der Waals surface area contributed by atoms with Crippen molar-refractivity contribution in [2.24, 2.45) is 5.14 Å². The van der Waals surface area contributed by atoms with Crippen LogP contribution in [-0.2, 0) is 21.6 Å². The molecular weight excluding hydrogens is 353 g/mol. The zero-order chi connectivity index (χ0) is 18.3. The van der Waals surface area contributed by atoms with E-state index in [-0.39, 0.29) is 11.1 Å². The molecule has 0 bridgehead atoms. The van der Waals surface area contributed by atoms with Gasteiger partial charge in [0.1, 0.15) is 0 Å². The number of primary sulfonamides is 1. The van der Waals surface area contributed by atoms with Crippen molar-refractivity contribution in [1.82, 2.24) is 0 Å². The number of halogens is 3. The highest BCUT2D eigenvalue weighted by Crippen LogP contribution is 2.48. The molecule has 0 unspecified atom stereocenters. The fourth-order valence-corrected chi connectivity index (χ4v) is 3.40. The maximum atomic E-state index is 13.3. The SMILES string of the molecule is NS(=O)(=O)c1ccc(NCC2(c3ccccc3)CC2)c(C(F)(F)F)c1. The molecule has 134 valence electrons. The summed E-state index contributed by atoms with van der Waals surface area (Å²) >= 11 is 0. The van der Waals surface area contributed by atoms with Crippen LogP contribution in [0.3, 0.4) is 0 Å². The van der Waals surface area contributed by atoms with Crippen LogP contribution in [0.2, 0.25) is 0 Å². The highest BCUT2D eigenvalue weighted by atomic mass is 32.2. The van der Waals surface area contributed by atoms with Crippen molar-refractivity contribution in [3.8, 4) is 0 Å². The minimum absolute atomic E-state index is 0.151. The molecule has 0 saturated heterocycles. The summed E-state index contributed by atoms with van der Waals surface area (Å²) in [4.78, 5) is -0.561. The van der Waals surface area contributed by atoms with Crippen molar-refractivity contribution in [1.29, 1.82) is 0 Å². The zero-order valence-electron chi connectivity index (χ0n) is 13.2. The Morgan fingerprint density at radius 2 is 1.72 bits per heavy atom. The second kappa shape index (κ2) is 6.03. The van der Waals surface area contributed by atoms with Crippen molar-refractivity contribution in [3.63, 3.8) is 0 Å². The first-order chi connectivity index (χ1) is 11.6. The maximum Gasteiger partial charge on any atom is 0.418 e. The fraction of sp³-hybridized carbons (Fsp3) is 0.294. The van der Waals surface area contributed by atoms with Gasteiger partial charge in [-0.05, 0) is 36.6 Å². The van der Waals surface area contributed by atoms with Gasteiger partial charge in [-0.15, -0.1) is 0 Å². The summed E-state index contributed by atoms with van der Waals surface area (Å²) in [7, 11) is -4.20. The Balaban J connectivity index is 1.88. The summed E-state index contributed by atoms with van der Waals surface area (Å²) < 4.78 is 62.5. The van der Waals surface area contributed by atoms with E-state index in [0.29, 0.717) is 12.6 Å². The average molecular weight is 370 g/mol. The second-order valence-electron chi connectivity index (χ2n) is 6.25. The topological polar surface area (TPSA) is 72.2 Å². The van der Waals surface area contributed by atoms with Crippen molar-refractivity contribution in [2.45, 2.75) is 29.3 Å². The van der Waals surface area contributed by atoms with E-state index < -0.39 is 26.7 Å². The molecule has 1 fully saturated rings. The molecule has 8 heteroatoms. The zero-order valence-corrected chi connectivity index (χ0v) is 14.0. The number of nitrogens with two attached hydrogens (primary N) is 1. The molecule has 0 aromatic heterocycles. The molecule has 0 radical (unpaired) electrons. The van der Waals surface area contributed by atoms with Crippen LogP contribution in [0, 0.1) is 0 Å². The minimum atomic E-state index is -4.69. The van der Waals surface area contributed by atoms with Gasteiger partial charge in [0, 0.05) is 17.6 Å². The maximum absolute atomic E-state index is 13.3. The fourth-order valence-electron chi connectivity index (χ4n) is 2.86. The summed E-state index contributed by atoms with van der Waals surface area (Å²) in [5.74, 6) is 0. The van der Waals surface area contributed by atoms with Crippen LogP contribution >= 0.6 is 0 Å². The molecular formula is C17H17F3N2O2S. The van der Waals surface area contributed by atoms with Gasteiger partial charge in [0.2, 0.25) is 10.0 Å². The monoisotopic (exact) mass is 370 g/mol. The van der Waals surface area contributed by atoms with Gasteiger partial charge in [-0.3, -0.25) is 0 Å². The Kier molecular flexibility index (Phi) is 4.28. The summed E-state index contributed by atoms with van der Waals surface area (Å²) in [6, 6.07) is 12.4. The third kappa shape index (κ3) is 3.80. The van der Waals surface area contributed by atoms with E-state index in [1.807, 2.05) is 30.3 Å². The van der Waals surface area contributed by atoms with E-state index in [9.17, 15) is 21.6 Å². The van der Waals surface area contributed by atoms with Crippen LogP contribution in [0.1, 0.15) is 24.0 Å². The Bertz CT molecular complexity index is 877. The third-order valence-corrected chi connectivity index (χ3v) is 5.39. The van der Waals surface area contributed by atoms with Crippen molar-refractivity contribution >= 4 is 15.7 Å². The molecule has 2 aromatic carbocycles. The minimum Gasteiger partial charge on any atom is -0.384 e. The van der Waals surface area contributed by atoms with E-state index in [1.54, 1.807) is 0 Å². The molecule has 25 heavy (non-hydrogen) atoms. The molecule has 0 spiro atoms. The lowest BCUT2D eigenvalue weighted by Gasteiger charge is -2.20. The lowest BCUT2D eigenvalue weighted by atomic mass is 9.96. The highest BCUT2D eigenvalue weighted by molar-refractivity contribution is 7.89. The first-order valence-corrected chi connectivity index (χ1v) is 9.20. The van der Waals surface area contributed by atoms with Crippen molar-refractivity contribution in [2.75, 3.05) is 11.9 Å². The molecule has 2 aromatic rings. The summed E-state index contributed by atoms with van der Waals surface area (Å²) in [5, 5.41) is 7.78. The first kappa shape index (κ1) is 17.8. The summed E-state index contributed by atoms with van der Waals surface area (Å²) in [6.45, 7) is 0.342. The lowest BCUT2D eigenvalue weighted by molar-refractivity contribution is -0.137. The normalized spacial score (nSPS) is 16.5. The number of benzene rings is 2. The van der Waals surface area contributed by atoms with Crippen LogP contribution in [0.25, 0.3) is 0 Å².